The van der Waals surface area contributed by atoms with Crippen LogP contribution in [0.2, 0.25) is 0 Å². The Morgan fingerprint density at radius 3 is 2.14 bits per heavy atom. The number of hydrogen-bond donors (Lipinski definition) is 1. The van der Waals surface area contributed by atoms with Gasteiger partial charge in [-0.05, 0) is 46.3 Å². The van der Waals surface area contributed by atoms with Gasteiger partial charge in [0.2, 0.25) is 5.75 Å². The van der Waals surface area contributed by atoms with Crippen molar-refractivity contribution >= 4 is 33.1 Å². The lowest BCUT2D eigenvalue weighted by Gasteiger charge is -2.15. The van der Waals surface area contributed by atoms with Crippen LogP contribution >= 0.6 is 28.1 Å². The second kappa shape index (κ2) is 6.78. The highest BCUT2D eigenvalue weighted by Gasteiger charge is 2.14. The smallest absolute Gasteiger partial charge is 0.211 e. The molecule has 0 spiro atoms. The predicted octanol–water partition coefficient (Wildman–Crippen LogP) is 3.89. The molecule has 6 heteroatoms. The van der Waals surface area contributed by atoms with E-state index in [2.05, 4.69) is 15.9 Å². The fourth-order valence-corrected chi connectivity index (χ4v) is 2.35. The Morgan fingerprint density at radius 2 is 1.67 bits per heavy atom. The highest BCUT2D eigenvalue weighted by Crippen LogP contribution is 2.41. The van der Waals surface area contributed by atoms with E-state index in [0.717, 1.165) is 10.0 Å². The summed E-state index contributed by atoms with van der Waals surface area (Å²) in [4.78, 5) is 0.331. The number of ether oxygens (including phenoxy) is 3. The lowest BCUT2D eigenvalue weighted by atomic mass is 10.2. The standard InChI is InChI=1S/C15H14BrNO3S/c1-18-12-4-3-5-13(19-2)14(12)20-11-7-6-9(15(17)21)8-10(11)16/h3-8H,1-2H3,(H2,17,21). The Bertz CT molecular complexity index is 654. The van der Waals surface area contributed by atoms with Crippen molar-refractivity contribution in [2.24, 2.45) is 5.73 Å². The average Bonchev–Trinajstić information content (AvgIpc) is 2.49. The maximum absolute atomic E-state index is 5.91. The van der Waals surface area contributed by atoms with E-state index in [0.29, 0.717) is 28.0 Å². The number of rotatable bonds is 5. The SMILES string of the molecule is COc1cccc(OC)c1Oc1ccc(C(N)=S)cc1Br. The van der Waals surface area contributed by atoms with Gasteiger partial charge in [-0.1, -0.05) is 18.3 Å². The van der Waals surface area contributed by atoms with Gasteiger partial charge in [0.05, 0.1) is 18.7 Å². The summed E-state index contributed by atoms with van der Waals surface area (Å²) in [5.74, 6) is 2.28. The summed E-state index contributed by atoms with van der Waals surface area (Å²) in [6.07, 6.45) is 0. The maximum atomic E-state index is 5.91. The van der Waals surface area contributed by atoms with Gasteiger partial charge in [0.25, 0.3) is 0 Å². The summed E-state index contributed by atoms with van der Waals surface area (Å²) in [7, 11) is 3.15. The molecular formula is C15H14BrNO3S. The minimum absolute atomic E-state index is 0.331. The van der Waals surface area contributed by atoms with Crippen molar-refractivity contribution in [1.29, 1.82) is 0 Å². The van der Waals surface area contributed by atoms with Crippen LogP contribution in [0.15, 0.2) is 40.9 Å². The second-order valence-electron chi connectivity index (χ2n) is 4.10. The van der Waals surface area contributed by atoms with E-state index in [9.17, 15) is 0 Å². The van der Waals surface area contributed by atoms with Crippen LogP contribution in [-0.4, -0.2) is 19.2 Å². The van der Waals surface area contributed by atoms with Crippen molar-refractivity contribution in [3.05, 3.63) is 46.4 Å². The molecule has 0 aliphatic heterocycles. The summed E-state index contributed by atoms with van der Waals surface area (Å²) in [5.41, 5.74) is 6.37. The van der Waals surface area contributed by atoms with E-state index in [1.165, 1.54) is 0 Å². The van der Waals surface area contributed by atoms with E-state index >= 15 is 0 Å². The molecule has 0 aromatic heterocycles. The molecule has 0 heterocycles. The lowest BCUT2D eigenvalue weighted by Crippen LogP contribution is -2.09. The molecule has 110 valence electrons. The van der Waals surface area contributed by atoms with Gasteiger partial charge in [-0.15, -0.1) is 0 Å². The highest BCUT2D eigenvalue weighted by atomic mass is 79.9. The molecule has 2 N–H and O–H groups in total. The van der Waals surface area contributed by atoms with E-state index in [4.69, 9.17) is 32.2 Å². The molecule has 21 heavy (non-hydrogen) atoms. The van der Waals surface area contributed by atoms with Crippen LogP contribution in [0, 0.1) is 0 Å². The molecule has 0 unspecified atom stereocenters. The molecule has 0 amide bonds. The minimum atomic E-state index is 0.331. The maximum Gasteiger partial charge on any atom is 0.211 e. The van der Waals surface area contributed by atoms with Gasteiger partial charge >= 0.3 is 0 Å². The Morgan fingerprint density at radius 1 is 1.05 bits per heavy atom. The Labute approximate surface area is 136 Å². The van der Waals surface area contributed by atoms with Crippen molar-refractivity contribution in [2.45, 2.75) is 0 Å². The molecule has 0 aliphatic rings. The molecule has 0 atom stereocenters. The second-order valence-corrected chi connectivity index (χ2v) is 5.40. The molecular weight excluding hydrogens is 354 g/mol. The number of hydrogen-bond acceptors (Lipinski definition) is 4. The van der Waals surface area contributed by atoms with Gasteiger partial charge in [0.1, 0.15) is 10.7 Å². The quantitative estimate of drug-likeness (QED) is 0.812. The number of methoxy groups -OCH3 is 2. The first-order valence-electron chi connectivity index (χ1n) is 6.05. The van der Waals surface area contributed by atoms with Gasteiger partial charge in [-0.25, -0.2) is 0 Å². The summed E-state index contributed by atoms with van der Waals surface area (Å²) < 4.78 is 17.2. The number of nitrogens with two attached hydrogens (primary N) is 1. The fourth-order valence-electron chi connectivity index (χ4n) is 1.76. The molecule has 0 bridgehead atoms. The topological polar surface area (TPSA) is 53.7 Å². The Kier molecular flexibility index (Phi) is 5.03. The van der Waals surface area contributed by atoms with Gasteiger partial charge in [0.15, 0.2) is 11.5 Å². The number of thiocarbonyl (C=S) groups is 1. The molecule has 0 fully saturated rings. The zero-order valence-corrected chi connectivity index (χ0v) is 14.0. The van der Waals surface area contributed by atoms with Crippen LogP contribution in [0.4, 0.5) is 0 Å². The van der Waals surface area contributed by atoms with Gasteiger partial charge < -0.3 is 19.9 Å². The van der Waals surface area contributed by atoms with Crippen LogP contribution in [0.5, 0.6) is 23.0 Å². The van der Waals surface area contributed by atoms with Crippen molar-refractivity contribution < 1.29 is 14.2 Å². The molecule has 2 rings (SSSR count). The van der Waals surface area contributed by atoms with Crippen molar-refractivity contribution in [3.63, 3.8) is 0 Å². The number of para-hydroxylation sites is 1. The number of halogens is 1. The molecule has 0 saturated carbocycles. The third kappa shape index (κ3) is 3.46. The van der Waals surface area contributed by atoms with Gasteiger partial charge in [-0.2, -0.15) is 0 Å². The first-order chi connectivity index (χ1) is 10.1. The summed E-state index contributed by atoms with van der Waals surface area (Å²) in [6, 6.07) is 10.8. The van der Waals surface area contributed by atoms with Crippen LogP contribution in [0.3, 0.4) is 0 Å². The molecule has 0 aliphatic carbocycles. The summed E-state index contributed by atoms with van der Waals surface area (Å²) >= 11 is 8.39. The van der Waals surface area contributed by atoms with Crippen LogP contribution < -0.4 is 19.9 Å². The van der Waals surface area contributed by atoms with Crippen LogP contribution in [0.25, 0.3) is 0 Å². The largest absolute Gasteiger partial charge is 0.493 e. The monoisotopic (exact) mass is 367 g/mol. The van der Waals surface area contributed by atoms with E-state index in [-0.39, 0.29) is 0 Å². The lowest BCUT2D eigenvalue weighted by molar-refractivity contribution is 0.345. The third-order valence-electron chi connectivity index (χ3n) is 2.81. The zero-order chi connectivity index (χ0) is 15.4. The fraction of sp³-hybridized carbons (Fsp3) is 0.133. The van der Waals surface area contributed by atoms with Crippen LogP contribution in [0.1, 0.15) is 5.56 Å². The first-order valence-corrected chi connectivity index (χ1v) is 7.25. The van der Waals surface area contributed by atoms with Gasteiger partial charge in [-0.3, -0.25) is 0 Å². The van der Waals surface area contributed by atoms with E-state index in [1.54, 1.807) is 44.6 Å². The molecule has 0 radical (unpaired) electrons. The molecule has 2 aromatic rings. The van der Waals surface area contributed by atoms with Crippen LogP contribution in [-0.2, 0) is 0 Å². The van der Waals surface area contributed by atoms with Gasteiger partial charge in [0, 0.05) is 5.56 Å². The summed E-state index contributed by atoms with van der Waals surface area (Å²) in [5, 5.41) is 0. The predicted molar refractivity (Wildman–Crippen MR) is 89.6 cm³/mol. The van der Waals surface area contributed by atoms with Crippen molar-refractivity contribution in [3.8, 4) is 23.0 Å². The third-order valence-corrected chi connectivity index (χ3v) is 3.67. The van der Waals surface area contributed by atoms with E-state index in [1.807, 2.05) is 6.07 Å². The zero-order valence-electron chi connectivity index (χ0n) is 11.6. The molecule has 4 nitrogen and oxygen atoms in total. The molecule has 2 aromatic carbocycles. The average molecular weight is 368 g/mol. The Balaban J connectivity index is 2.40. The Hall–Kier alpha value is -1.79. The number of benzene rings is 2. The van der Waals surface area contributed by atoms with Crippen molar-refractivity contribution in [2.75, 3.05) is 14.2 Å². The molecule has 0 saturated heterocycles. The highest BCUT2D eigenvalue weighted by molar-refractivity contribution is 9.10. The van der Waals surface area contributed by atoms with Crippen molar-refractivity contribution in [1.82, 2.24) is 0 Å². The summed E-state index contributed by atoms with van der Waals surface area (Å²) in [6.45, 7) is 0. The normalized spacial score (nSPS) is 10.0. The first kappa shape index (κ1) is 15.6. The minimum Gasteiger partial charge on any atom is -0.493 e. The van der Waals surface area contributed by atoms with E-state index < -0.39 is 0 Å².